The summed E-state index contributed by atoms with van der Waals surface area (Å²) in [6, 6.07) is 6.75. The number of hydrogen-bond acceptors (Lipinski definition) is 3. The van der Waals surface area contributed by atoms with E-state index in [4.69, 9.17) is 16.7 Å². The van der Waals surface area contributed by atoms with Crippen LogP contribution in [0.3, 0.4) is 0 Å². The maximum Gasteiger partial charge on any atom is 0.173 e. The number of amidine groups is 1. The predicted molar refractivity (Wildman–Crippen MR) is 42.8 cm³/mol. The Morgan fingerprint density at radius 3 is 2.73 bits per heavy atom. The van der Waals surface area contributed by atoms with Gasteiger partial charge in [0.15, 0.2) is 5.84 Å². The van der Waals surface area contributed by atoms with Crippen LogP contribution in [0.2, 0.25) is 0 Å². The van der Waals surface area contributed by atoms with Crippen molar-refractivity contribution in [1.82, 2.24) is 0 Å². The molecule has 1 rings (SSSR count). The lowest BCUT2D eigenvalue weighted by molar-refractivity contribution is 1.16. The van der Waals surface area contributed by atoms with Gasteiger partial charge in [0, 0.05) is 11.3 Å². The molecule has 0 heterocycles. The molecule has 0 unspecified atom stereocenters. The van der Waals surface area contributed by atoms with Crippen LogP contribution in [0.25, 0.3) is 0 Å². The first-order chi connectivity index (χ1) is 5.24. The van der Waals surface area contributed by atoms with Crippen molar-refractivity contribution in [3.8, 4) is 0 Å². The van der Waals surface area contributed by atoms with E-state index in [1.807, 2.05) is 0 Å². The van der Waals surface area contributed by atoms with Gasteiger partial charge in [-0.25, -0.2) is 5.53 Å². The van der Waals surface area contributed by atoms with Crippen molar-refractivity contribution < 1.29 is 0 Å². The molecule has 11 heavy (non-hydrogen) atoms. The van der Waals surface area contributed by atoms with E-state index in [0.29, 0.717) is 11.3 Å². The average molecular weight is 148 g/mol. The van der Waals surface area contributed by atoms with Crippen LogP contribution in [-0.2, 0) is 0 Å². The number of hydrogen-bond donors (Lipinski definition) is 3. The van der Waals surface area contributed by atoms with Gasteiger partial charge in [-0.1, -0.05) is 12.1 Å². The van der Waals surface area contributed by atoms with Gasteiger partial charge in [0.05, 0.1) is 0 Å². The summed E-state index contributed by atoms with van der Waals surface area (Å²) in [4.78, 5) is 0. The molecular weight excluding hydrogens is 140 g/mol. The Morgan fingerprint density at radius 1 is 1.45 bits per heavy atom. The van der Waals surface area contributed by atoms with E-state index in [2.05, 4.69) is 5.11 Å². The van der Waals surface area contributed by atoms with E-state index in [0.717, 1.165) is 0 Å². The first-order valence-electron chi connectivity index (χ1n) is 3.06. The Bertz CT molecular complexity index is 292. The van der Waals surface area contributed by atoms with Crippen molar-refractivity contribution in [2.75, 3.05) is 5.73 Å². The van der Waals surface area contributed by atoms with Gasteiger partial charge in [0.2, 0.25) is 0 Å². The Balaban J connectivity index is 3.05. The van der Waals surface area contributed by atoms with Gasteiger partial charge in [-0.15, -0.1) is 5.11 Å². The van der Waals surface area contributed by atoms with Gasteiger partial charge in [-0.05, 0) is 12.1 Å². The molecule has 0 atom stereocenters. The molecule has 4 N–H and O–H groups in total. The first kappa shape index (κ1) is 7.40. The topological polar surface area (TPSA) is 86.1 Å². The molecule has 1 aromatic rings. The molecule has 56 valence electrons. The molecule has 0 aliphatic carbocycles. The number of nitrogens with two attached hydrogens (primary N) is 1. The first-order valence-corrected chi connectivity index (χ1v) is 3.06. The van der Waals surface area contributed by atoms with Gasteiger partial charge in [0.1, 0.15) is 0 Å². The van der Waals surface area contributed by atoms with Crippen molar-refractivity contribution in [3.63, 3.8) is 0 Å². The van der Waals surface area contributed by atoms with Gasteiger partial charge < -0.3 is 5.73 Å². The summed E-state index contributed by atoms with van der Waals surface area (Å²) < 4.78 is 0. The molecular formula is C7H8N4. The highest BCUT2D eigenvalue weighted by atomic mass is 15.0. The lowest BCUT2D eigenvalue weighted by Crippen LogP contribution is -1.94. The van der Waals surface area contributed by atoms with Crippen molar-refractivity contribution in [2.45, 2.75) is 0 Å². The van der Waals surface area contributed by atoms with Crippen LogP contribution in [0.4, 0.5) is 5.69 Å². The molecule has 4 heteroatoms. The Hall–Kier alpha value is -1.71. The summed E-state index contributed by atoms with van der Waals surface area (Å²) in [7, 11) is 0. The number of benzene rings is 1. The largest absolute Gasteiger partial charge is 0.399 e. The minimum atomic E-state index is -0.0719. The highest BCUT2D eigenvalue weighted by Crippen LogP contribution is 2.06. The molecule has 0 bridgehead atoms. The second kappa shape index (κ2) is 2.92. The second-order valence-electron chi connectivity index (χ2n) is 2.09. The molecule has 0 saturated heterocycles. The number of rotatable bonds is 1. The Kier molecular flexibility index (Phi) is 1.96. The zero-order chi connectivity index (χ0) is 8.27. The molecule has 1 aromatic carbocycles. The quantitative estimate of drug-likeness (QED) is 0.240. The molecule has 0 saturated carbocycles. The summed E-state index contributed by atoms with van der Waals surface area (Å²) in [5.74, 6) is -0.0719. The second-order valence-corrected chi connectivity index (χ2v) is 2.09. The van der Waals surface area contributed by atoms with E-state index in [9.17, 15) is 0 Å². The highest BCUT2D eigenvalue weighted by molar-refractivity contribution is 5.97. The molecule has 0 fully saturated rings. The van der Waals surface area contributed by atoms with Gasteiger partial charge in [-0.3, -0.25) is 5.41 Å². The summed E-state index contributed by atoms with van der Waals surface area (Å²) >= 11 is 0. The lowest BCUT2D eigenvalue weighted by atomic mass is 10.2. The average Bonchev–Trinajstić information content (AvgIpc) is 2.03. The fourth-order valence-corrected chi connectivity index (χ4v) is 0.751. The third-order valence-corrected chi connectivity index (χ3v) is 1.27. The standard InChI is InChI=1S/C7H8N4/c8-6-3-1-2-5(4-6)7(9)11-10/h1-4,9-10H,8H2. The predicted octanol–water partition coefficient (Wildman–Crippen LogP) is 1.63. The SMILES string of the molecule is N=NC(=N)c1cccc(N)c1. The molecule has 0 amide bonds. The monoisotopic (exact) mass is 148 g/mol. The van der Waals surface area contributed by atoms with Crippen molar-refractivity contribution >= 4 is 11.5 Å². The number of nitrogens with one attached hydrogen (secondary N) is 2. The van der Waals surface area contributed by atoms with Crippen LogP contribution in [0, 0.1) is 10.9 Å². The zero-order valence-corrected chi connectivity index (χ0v) is 5.83. The number of anilines is 1. The fraction of sp³-hybridized carbons (Fsp3) is 0. The smallest absolute Gasteiger partial charge is 0.173 e. The third kappa shape index (κ3) is 1.61. The minimum Gasteiger partial charge on any atom is -0.399 e. The highest BCUT2D eigenvalue weighted by Gasteiger charge is 1.97. The van der Waals surface area contributed by atoms with Gasteiger partial charge in [-0.2, -0.15) is 0 Å². The molecule has 4 nitrogen and oxygen atoms in total. The van der Waals surface area contributed by atoms with Crippen molar-refractivity contribution in [3.05, 3.63) is 29.8 Å². The summed E-state index contributed by atoms with van der Waals surface area (Å²) in [6.45, 7) is 0. The summed E-state index contributed by atoms with van der Waals surface area (Å²) in [5.41, 5.74) is 13.2. The summed E-state index contributed by atoms with van der Waals surface area (Å²) in [5, 5.41) is 10.1. The number of nitrogen functional groups attached to an aromatic ring is 1. The Labute approximate surface area is 64.1 Å². The van der Waals surface area contributed by atoms with E-state index < -0.39 is 0 Å². The molecule has 0 aromatic heterocycles. The van der Waals surface area contributed by atoms with Gasteiger partial charge >= 0.3 is 0 Å². The third-order valence-electron chi connectivity index (χ3n) is 1.27. The van der Waals surface area contributed by atoms with Crippen LogP contribution in [0.15, 0.2) is 29.4 Å². The fourth-order valence-electron chi connectivity index (χ4n) is 0.751. The molecule has 0 aliphatic rings. The van der Waals surface area contributed by atoms with E-state index in [1.165, 1.54) is 0 Å². The molecule has 0 spiro atoms. The maximum absolute atomic E-state index is 7.17. The molecule has 0 aliphatic heterocycles. The normalized spacial score (nSPS) is 9.09. The molecule has 0 radical (unpaired) electrons. The number of nitrogens with zero attached hydrogens (tertiary/aromatic N) is 1. The van der Waals surface area contributed by atoms with Crippen molar-refractivity contribution in [2.24, 2.45) is 5.11 Å². The summed E-state index contributed by atoms with van der Waals surface area (Å²) in [6.07, 6.45) is 0. The maximum atomic E-state index is 7.17. The Morgan fingerprint density at radius 2 is 2.18 bits per heavy atom. The zero-order valence-electron chi connectivity index (χ0n) is 5.83. The van der Waals surface area contributed by atoms with Gasteiger partial charge in [0.25, 0.3) is 0 Å². The van der Waals surface area contributed by atoms with Crippen LogP contribution in [-0.4, -0.2) is 5.84 Å². The van der Waals surface area contributed by atoms with Crippen LogP contribution in [0.5, 0.6) is 0 Å². The lowest BCUT2D eigenvalue weighted by Gasteiger charge is -1.96. The van der Waals surface area contributed by atoms with E-state index in [1.54, 1.807) is 24.3 Å². The van der Waals surface area contributed by atoms with Crippen molar-refractivity contribution in [1.29, 1.82) is 10.9 Å². The van der Waals surface area contributed by atoms with E-state index in [-0.39, 0.29) is 5.84 Å². The van der Waals surface area contributed by atoms with E-state index >= 15 is 0 Å². The van der Waals surface area contributed by atoms with Crippen LogP contribution < -0.4 is 5.73 Å². The minimum absolute atomic E-state index is 0.0719. The van der Waals surface area contributed by atoms with Crippen LogP contribution >= 0.6 is 0 Å². The van der Waals surface area contributed by atoms with Crippen LogP contribution in [0.1, 0.15) is 5.56 Å².